The maximum Gasteiger partial charge on any atom is 0.338 e. The molecule has 4 aliphatic rings. The molecule has 1 amide bonds. The summed E-state index contributed by atoms with van der Waals surface area (Å²) in [4.78, 5) is 51.6. The van der Waals surface area contributed by atoms with Crippen LogP contribution in [0.3, 0.4) is 0 Å². The first kappa shape index (κ1) is 31.3. The van der Waals surface area contributed by atoms with Crippen molar-refractivity contribution in [2.75, 3.05) is 39.5 Å². The molecule has 1 aromatic heterocycles. The number of rotatable bonds is 9. The fraction of sp³-hybridized carbons (Fsp3) is 0.531. The number of halogens is 2. The SMILES string of the molecule is CCOC(=O)C1=C(CN2CC[C@]3(F)C(=O)N(COC(=O)C4CCCC4)C[C@@H]3C2)NC(c2nccs2)=N[C@H]1c1cccc(F)c1C. The van der Waals surface area contributed by atoms with E-state index in [2.05, 4.69) is 10.3 Å². The third-order valence-electron chi connectivity index (χ3n) is 9.29. The summed E-state index contributed by atoms with van der Waals surface area (Å²) in [6.07, 6.45) is 5.14. The molecule has 0 bridgehead atoms. The first-order valence-electron chi connectivity index (χ1n) is 15.5. The van der Waals surface area contributed by atoms with Gasteiger partial charge < -0.3 is 19.7 Å². The van der Waals surface area contributed by atoms with Crippen LogP contribution >= 0.6 is 11.3 Å². The molecule has 3 aliphatic heterocycles. The van der Waals surface area contributed by atoms with E-state index in [1.165, 1.54) is 22.3 Å². The Labute approximate surface area is 264 Å². The van der Waals surface area contributed by atoms with Crippen LogP contribution in [0, 0.1) is 24.6 Å². The number of hydrogen-bond donors (Lipinski definition) is 1. The zero-order valence-electron chi connectivity index (χ0n) is 25.4. The number of piperidine rings is 1. The van der Waals surface area contributed by atoms with E-state index in [9.17, 15) is 18.8 Å². The van der Waals surface area contributed by atoms with Gasteiger partial charge in [-0.1, -0.05) is 25.0 Å². The molecule has 240 valence electrons. The molecule has 1 saturated carbocycles. The van der Waals surface area contributed by atoms with Gasteiger partial charge >= 0.3 is 11.9 Å². The number of nitrogens with one attached hydrogen (secondary N) is 1. The van der Waals surface area contributed by atoms with Crippen LogP contribution < -0.4 is 5.32 Å². The molecule has 2 aromatic rings. The Kier molecular flexibility index (Phi) is 9.00. The Hall–Kier alpha value is -3.71. The normalized spacial score (nSPS) is 25.6. The average Bonchev–Trinajstić information content (AvgIpc) is 3.80. The summed E-state index contributed by atoms with van der Waals surface area (Å²) in [5.41, 5.74) is -0.419. The van der Waals surface area contributed by atoms with E-state index in [0.717, 1.165) is 25.7 Å². The Bertz CT molecular complexity index is 1530. The fourth-order valence-electron chi connectivity index (χ4n) is 6.83. The van der Waals surface area contributed by atoms with Crippen molar-refractivity contribution in [1.82, 2.24) is 20.1 Å². The van der Waals surface area contributed by atoms with Crippen LogP contribution in [-0.2, 0) is 23.9 Å². The molecule has 3 atom stereocenters. The van der Waals surface area contributed by atoms with Crippen LogP contribution in [0.1, 0.15) is 61.2 Å². The molecule has 1 aliphatic carbocycles. The number of thiazole rings is 1. The van der Waals surface area contributed by atoms with Gasteiger partial charge in [-0.05, 0) is 43.9 Å². The number of aromatic nitrogens is 1. The van der Waals surface area contributed by atoms with Gasteiger partial charge in [0.2, 0.25) is 0 Å². The van der Waals surface area contributed by atoms with Gasteiger partial charge in [-0.2, -0.15) is 0 Å². The van der Waals surface area contributed by atoms with Gasteiger partial charge in [0.15, 0.2) is 23.2 Å². The molecule has 0 radical (unpaired) electrons. The number of carbonyl (C=O) groups is 3. The van der Waals surface area contributed by atoms with Gasteiger partial charge in [-0.15, -0.1) is 11.3 Å². The Balaban J connectivity index is 1.25. The first-order chi connectivity index (χ1) is 21.7. The van der Waals surface area contributed by atoms with E-state index in [-0.39, 0.29) is 63.4 Å². The molecule has 13 heteroatoms. The minimum Gasteiger partial charge on any atom is -0.463 e. The van der Waals surface area contributed by atoms with E-state index >= 15 is 4.39 Å². The molecule has 2 saturated heterocycles. The van der Waals surface area contributed by atoms with Crippen molar-refractivity contribution in [3.05, 3.63) is 63.0 Å². The smallest absolute Gasteiger partial charge is 0.338 e. The van der Waals surface area contributed by atoms with Crippen LogP contribution in [0.2, 0.25) is 0 Å². The third-order valence-corrected chi connectivity index (χ3v) is 10.1. The van der Waals surface area contributed by atoms with Gasteiger partial charge in [-0.25, -0.2) is 18.6 Å². The lowest BCUT2D eigenvalue weighted by Crippen LogP contribution is -2.52. The number of ether oxygens (including phenoxy) is 2. The van der Waals surface area contributed by atoms with E-state index in [1.54, 1.807) is 32.2 Å². The topological polar surface area (TPSA) is 113 Å². The van der Waals surface area contributed by atoms with Crippen LogP contribution in [0.25, 0.3) is 0 Å². The third kappa shape index (κ3) is 6.11. The lowest BCUT2D eigenvalue weighted by atomic mass is 9.84. The van der Waals surface area contributed by atoms with Gasteiger partial charge in [0.25, 0.3) is 5.91 Å². The number of carbonyl (C=O) groups excluding carboxylic acids is 3. The highest BCUT2D eigenvalue weighted by Gasteiger charge is 2.57. The standard InChI is InChI=1S/C32H37F2N5O5S/c1-3-43-30(41)25-24(36-27(28-35-12-14-45-28)37-26(25)22-9-6-10-23(33)19(22)2)17-38-13-11-32(34)21(15-38)16-39(31(32)42)18-44-29(40)20-7-4-5-8-20/h6,9-10,12,14,20-21,26H,3-5,7-8,11,13,15-18H2,1-2H3,(H,36,37)/t21-,26-,32+/m0/s1. The Morgan fingerprint density at radius 2 is 2.00 bits per heavy atom. The van der Waals surface area contributed by atoms with Gasteiger partial charge in [-0.3, -0.25) is 19.5 Å². The molecule has 10 nitrogen and oxygen atoms in total. The van der Waals surface area contributed by atoms with Crippen molar-refractivity contribution < 1.29 is 32.6 Å². The highest BCUT2D eigenvalue weighted by Crippen LogP contribution is 2.41. The second-order valence-electron chi connectivity index (χ2n) is 12.1. The number of amides is 1. The number of benzene rings is 1. The van der Waals surface area contributed by atoms with Crippen molar-refractivity contribution in [1.29, 1.82) is 0 Å². The Morgan fingerprint density at radius 1 is 1.20 bits per heavy atom. The fourth-order valence-corrected chi connectivity index (χ4v) is 7.42. The molecular weight excluding hydrogens is 604 g/mol. The zero-order valence-corrected chi connectivity index (χ0v) is 26.2. The number of alkyl halides is 1. The number of hydrogen-bond acceptors (Lipinski definition) is 10. The quantitative estimate of drug-likeness (QED) is 0.408. The van der Waals surface area contributed by atoms with Crippen LogP contribution in [0.5, 0.6) is 0 Å². The minimum atomic E-state index is -2.05. The number of likely N-dealkylation sites (tertiary alicyclic amines) is 2. The van der Waals surface area contributed by atoms with Gasteiger partial charge in [0.05, 0.1) is 18.1 Å². The summed E-state index contributed by atoms with van der Waals surface area (Å²) < 4.78 is 41.8. The second kappa shape index (κ2) is 13.0. The molecular formula is C32H37F2N5O5S. The van der Waals surface area contributed by atoms with Crippen molar-refractivity contribution in [3.63, 3.8) is 0 Å². The largest absolute Gasteiger partial charge is 0.463 e. The maximum absolute atomic E-state index is 16.2. The summed E-state index contributed by atoms with van der Waals surface area (Å²) in [7, 11) is 0. The average molecular weight is 642 g/mol. The molecule has 0 unspecified atom stereocenters. The number of esters is 2. The number of aliphatic imine (C=N–C) groups is 1. The Morgan fingerprint density at radius 3 is 2.73 bits per heavy atom. The van der Waals surface area contributed by atoms with E-state index in [4.69, 9.17) is 14.5 Å². The predicted octanol–water partition coefficient (Wildman–Crippen LogP) is 4.06. The van der Waals surface area contributed by atoms with E-state index in [0.29, 0.717) is 27.7 Å². The van der Waals surface area contributed by atoms with Crippen LogP contribution in [0.15, 0.2) is 46.0 Å². The van der Waals surface area contributed by atoms with Crippen molar-refractivity contribution in [2.45, 2.75) is 57.7 Å². The summed E-state index contributed by atoms with van der Waals surface area (Å²) in [5, 5.41) is 5.69. The molecule has 0 spiro atoms. The van der Waals surface area contributed by atoms with Crippen molar-refractivity contribution in [2.24, 2.45) is 16.8 Å². The molecule has 1 aromatic carbocycles. The summed E-state index contributed by atoms with van der Waals surface area (Å²) in [5.74, 6) is -2.33. The summed E-state index contributed by atoms with van der Waals surface area (Å²) in [6, 6.07) is 3.82. The van der Waals surface area contributed by atoms with E-state index < -0.39 is 35.3 Å². The minimum absolute atomic E-state index is 0.0363. The number of amidine groups is 1. The predicted molar refractivity (Wildman–Crippen MR) is 162 cm³/mol. The zero-order chi connectivity index (χ0) is 31.7. The maximum atomic E-state index is 16.2. The molecule has 4 heterocycles. The highest BCUT2D eigenvalue weighted by atomic mass is 32.1. The monoisotopic (exact) mass is 641 g/mol. The lowest BCUT2D eigenvalue weighted by Gasteiger charge is -2.38. The molecule has 6 rings (SSSR count). The highest BCUT2D eigenvalue weighted by molar-refractivity contribution is 7.11. The molecule has 1 N–H and O–H groups in total. The first-order valence-corrected chi connectivity index (χ1v) is 16.3. The van der Waals surface area contributed by atoms with Gasteiger partial charge in [0, 0.05) is 55.8 Å². The lowest BCUT2D eigenvalue weighted by molar-refractivity contribution is -0.157. The van der Waals surface area contributed by atoms with E-state index in [1.807, 2.05) is 10.3 Å². The van der Waals surface area contributed by atoms with Crippen LogP contribution in [-0.4, -0.2) is 83.7 Å². The number of nitrogens with zero attached hydrogens (tertiary/aromatic N) is 4. The summed E-state index contributed by atoms with van der Waals surface area (Å²) >= 11 is 1.37. The second-order valence-corrected chi connectivity index (χ2v) is 12.9. The molecule has 45 heavy (non-hydrogen) atoms. The van der Waals surface area contributed by atoms with Crippen molar-refractivity contribution >= 4 is 35.0 Å². The molecule has 3 fully saturated rings. The number of fused-ring (bicyclic) bond motifs is 1. The van der Waals surface area contributed by atoms with Crippen LogP contribution in [0.4, 0.5) is 8.78 Å². The summed E-state index contributed by atoms with van der Waals surface area (Å²) in [6.45, 7) is 4.06. The van der Waals surface area contributed by atoms with Crippen molar-refractivity contribution in [3.8, 4) is 0 Å². The van der Waals surface area contributed by atoms with Gasteiger partial charge in [0.1, 0.15) is 11.9 Å².